The van der Waals surface area contributed by atoms with Gasteiger partial charge in [0.2, 0.25) is 0 Å². The van der Waals surface area contributed by atoms with Crippen LogP contribution < -0.4 is 9.47 Å². The summed E-state index contributed by atoms with van der Waals surface area (Å²) in [6.07, 6.45) is 4.36. The van der Waals surface area contributed by atoms with Crippen molar-refractivity contribution in [2.24, 2.45) is 0 Å². The first-order valence-electron chi connectivity index (χ1n) is 8.31. The van der Waals surface area contributed by atoms with Crippen molar-refractivity contribution in [1.29, 1.82) is 0 Å². The Bertz CT molecular complexity index is 863. The Hall–Kier alpha value is -3.42. The number of methoxy groups -OCH3 is 1. The molecule has 0 bridgehead atoms. The van der Waals surface area contributed by atoms with Crippen molar-refractivity contribution >= 4 is 23.8 Å². The lowest BCUT2D eigenvalue weighted by atomic mass is 10.1. The van der Waals surface area contributed by atoms with E-state index < -0.39 is 10.9 Å². The van der Waals surface area contributed by atoms with Crippen LogP contribution in [0, 0.1) is 10.1 Å². The van der Waals surface area contributed by atoms with Gasteiger partial charge in [0.1, 0.15) is 6.20 Å². The maximum Gasteiger partial charge on any atom is 0.340 e. The van der Waals surface area contributed by atoms with Crippen molar-refractivity contribution in [1.82, 2.24) is 4.98 Å². The van der Waals surface area contributed by atoms with Crippen LogP contribution in [0.3, 0.4) is 0 Å². The number of rotatable bonds is 8. The third-order valence-corrected chi connectivity index (χ3v) is 3.54. The molecule has 27 heavy (non-hydrogen) atoms. The summed E-state index contributed by atoms with van der Waals surface area (Å²) in [5.74, 6) is 0.447. The van der Waals surface area contributed by atoms with Gasteiger partial charge >= 0.3 is 5.97 Å². The summed E-state index contributed by atoms with van der Waals surface area (Å²) < 4.78 is 15.9. The molecule has 0 spiro atoms. The lowest BCUT2D eigenvalue weighted by Crippen LogP contribution is -2.08. The van der Waals surface area contributed by atoms with Gasteiger partial charge in [-0.2, -0.15) is 0 Å². The fourth-order valence-corrected chi connectivity index (χ4v) is 2.39. The number of hydrogen-bond acceptors (Lipinski definition) is 7. The Kier molecular flexibility index (Phi) is 6.87. The Morgan fingerprint density at radius 2 is 2.04 bits per heavy atom. The van der Waals surface area contributed by atoms with Gasteiger partial charge in [-0.3, -0.25) is 10.1 Å². The number of para-hydroxylation sites is 1. The zero-order chi connectivity index (χ0) is 19.8. The van der Waals surface area contributed by atoms with Crippen LogP contribution in [0.4, 0.5) is 5.69 Å². The van der Waals surface area contributed by atoms with Crippen molar-refractivity contribution in [3.05, 3.63) is 57.4 Å². The van der Waals surface area contributed by atoms with E-state index in [0.717, 1.165) is 12.3 Å². The van der Waals surface area contributed by atoms with E-state index in [1.165, 1.54) is 7.11 Å². The first-order valence-corrected chi connectivity index (χ1v) is 8.31. The molecule has 0 aliphatic carbocycles. The molecule has 0 aliphatic heterocycles. The number of esters is 1. The van der Waals surface area contributed by atoms with Gasteiger partial charge in [-0.05, 0) is 32.1 Å². The highest BCUT2D eigenvalue weighted by atomic mass is 16.6. The molecule has 0 saturated heterocycles. The fourth-order valence-electron chi connectivity index (χ4n) is 2.39. The Labute approximate surface area is 156 Å². The van der Waals surface area contributed by atoms with Crippen LogP contribution in [-0.2, 0) is 4.74 Å². The molecule has 0 radical (unpaired) electrons. The molecular formula is C19H20N2O6. The molecule has 2 aromatic rings. The van der Waals surface area contributed by atoms with Crippen molar-refractivity contribution in [3.63, 3.8) is 0 Å². The molecule has 0 N–H and O–H groups in total. The van der Waals surface area contributed by atoms with Crippen LogP contribution in [0.2, 0.25) is 0 Å². The quantitative estimate of drug-likeness (QED) is 0.395. The smallest absolute Gasteiger partial charge is 0.340 e. The maximum atomic E-state index is 12.2. The molecule has 0 fully saturated rings. The molecule has 0 amide bonds. The lowest BCUT2D eigenvalue weighted by Gasteiger charge is -2.11. The van der Waals surface area contributed by atoms with Gasteiger partial charge < -0.3 is 14.2 Å². The summed E-state index contributed by atoms with van der Waals surface area (Å²) in [4.78, 5) is 26.5. The van der Waals surface area contributed by atoms with E-state index in [2.05, 4.69) is 4.98 Å². The molecule has 8 heteroatoms. The van der Waals surface area contributed by atoms with Gasteiger partial charge in [0.05, 0.1) is 36.5 Å². The molecule has 0 aliphatic rings. The summed E-state index contributed by atoms with van der Waals surface area (Å²) in [5.41, 5.74) is 0.690. The van der Waals surface area contributed by atoms with Crippen LogP contribution in [0.1, 0.15) is 35.5 Å². The maximum absolute atomic E-state index is 12.2. The Morgan fingerprint density at radius 3 is 2.67 bits per heavy atom. The normalized spacial score (nSPS) is 10.6. The monoisotopic (exact) mass is 372 g/mol. The predicted octanol–water partition coefficient (Wildman–Crippen LogP) is 3.74. The van der Waals surface area contributed by atoms with Crippen LogP contribution >= 0.6 is 0 Å². The number of carbonyl (C=O) groups is 1. The molecule has 8 nitrogen and oxygen atoms in total. The van der Waals surface area contributed by atoms with Gasteiger partial charge in [0.25, 0.3) is 5.69 Å². The standard InChI is InChI=1S/C19H20N2O6/c1-4-26-17-8-6-7-13(18(17)25-3)9-10-16-15(19(22)27-5-2)11-14(12-20-16)21(23)24/h6-12H,4-5H2,1-3H3/b10-9+. The van der Waals surface area contributed by atoms with Gasteiger partial charge in [-0.25, -0.2) is 9.78 Å². The summed E-state index contributed by atoms with van der Waals surface area (Å²) in [6, 6.07) is 6.56. The number of nitro groups is 1. The molecule has 0 unspecified atom stereocenters. The van der Waals surface area contributed by atoms with Crippen LogP contribution in [-0.4, -0.2) is 36.2 Å². The summed E-state index contributed by atoms with van der Waals surface area (Å²) >= 11 is 0. The molecule has 0 saturated carbocycles. The van der Waals surface area contributed by atoms with E-state index in [1.807, 2.05) is 19.1 Å². The zero-order valence-electron chi connectivity index (χ0n) is 15.3. The Balaban J connectivity index is 2.46. The highest BCUT2D eigenvalue weighted by Gasteiger charge is 2.18. The van der Waals surface area contributed by atoms with E-state index in [1.54, 1.807) is 25.1 Å². The SMILES string of the molecule is CCOC(=O)c1cc([N+](=O)[O-])cnc1/C=C/c1cccc(OCC)c1OC. The van der Waals surface area contributed by atoms with Gasteiger partial charge in [0, 0.05) is 11.6 Å². The summed E-state index contributed by atoms with van der Waals surface area (Å²) in [6.45, 7) is 4.16. The number of hydrogen-bond donors (Lipinski definition) is 0. The van der Waals surface area contributed by atoms with E-state index in [-0.39, 0.29) is 23.6 Å². The zero-order valence-corrected chi connectivity index (χ0v) is 15.3. The first-order chi connectivity index (χ1) is 13.0. The average molecular weight is 372 g/mol. The van der Waals surface area contributed by atoms with Crippen molar-refractivity contribution in [2.45, 2.75) is 13.8 Å². The minimum atomic E-state index is -0.677. The van der Waals surface area contributed by atoms with Gasteiger partial charge in [0.15, 0.2) is 11.5 Å². The van der Waals surface area contributed by atoms with Crippen molar-refractivity contribution < 1.29 is 23.9 Å². The summed E-state index contributed by atoms with van der Waals surface area (Å²) in [7, 11) is 1.53. The topological polar surface area (TPSA) is 101 Å². The molecular weight excluding hydrogens is 352 g/mol. The van der Waals surface area contributed by atoms with Crippen molar-refractivity contribution in [3.8, 4) is 11.5 Å². The van der Waals surface area contributed by atoms with Crippen molar-refractivity contribution in [2.75, 3.05) is 20.3 Å². The number of nitrogens with zero attached hydrogens (tertiary/aromatic N) is 2. The van der Waals surface area contributed by atoms with Crippen LogP contribution in [0.15, 0.2) is 30.5 Å². The molecule has 0 atom stereocenters. The lowest BCUT2D eigenvalue weighted by molar-refractivity contribution is -0.385. The second-order valence-electron chi connectivity index (χ2n) is 5.25. The van der Waals surface area contributed by atoms with Gasteiger partial charge in [-0.15, -0.1) is 0 Å². The number of aromatic nitrogens is 1. The highest BCUT2D eigenvalue weighted by molar-refractivity contribution is 5.94. The number of benzene rings is 1. The van der Waals surface area contributed by atoms with Gasteiger partial charge in [-0.1, -0.05) is 12.1 Å². The molecule has 2 rings (SSSR count). The highest BCUT2D eigenvalue weighted by Crippen LogP contribution is 2.32. The Morgan fingerprint density at radius 1 is 1.26 bits per heavy atom. The largest absolute Gasteiger partial charge is 0.492 e. The predicted molar refractivity (Wildman–Crippen MR) is 99.9 cm³/mol. The minimum absolute atomic E-state index is 0.0160. The molecule has 1 aromatic heterocycles. The van der Waals surface area contributed by atoms with E-state index in [0.29, 0.717) is 23.7 Å². The van der Waals surface area contributed by atoms with E-state index in [4.69, 9.17) is 14.2 Å². The average Bonchev–Trinajstić information content (AvgIpc) is 2.66. The number of carbonyl (C=O) groups excluding carboxylic acids is 1. The molecule has 1 aromatic carbocycles. The second kappa shape index (κ2) is 9.33. The fraction of sp³-hybridized carbons (Fsp3) is 0.263. The van der Waals surface area contributed by atoms with E-state index >= 15 is 0 Å². The van der Waals surface area contributed by atoms with E-state index in [9.17, 15) is 14.9 Å². The number of ether oxygens (including phenoxy) is 3. The minimum Gasteiger partial charge on any atom is -0.492 e. The third-order valence-electron chi connectivity index (χ3n) is 3.54. The second-order valence-corrected chi connectivity index (χ2v) is 5.25. The summed E-state index contributed by atoms with van der Waals surface area (Å²) in [5, 5.41) is 11.0. The van der Waals surface area contributed by atoms with Crippen LogP contribution in [0.5, 0.6) is 11.5 Å². The third kappa shape index (κ3) is 4.81. The number of pyridine rings is 1. The molecule has 1 heterocycles. The van der Waals surface area contributed by atoms with Crippen LogP contribution in [0.25, 0.3) is 12.2 Å². The first kappa shape index (κ1) is 19.9. The molecule has 142 valence electrons.